The SMILES string of the molecule is CCC(CC)=NNC(=O)c1cccc(O)c1. The molecule has 0 spiro atoms. The second-order valence-electron chi connectivity index (χ2n) is 3.38. The van der Waals surface area contributed by atoms with Gasteiger partial charge in [0.25, 0.3) is 5.91 Å². The predicted molar refractivity (Wildman–Crippen MR) is 63.6 cm³/mol. The van der Waals surface area contributed by atoms with Gasteiger partial charge in [0, 0.05) is 11.3 Å². The molecule has 0 aliphatic heterocycles. The monoisotopic (exact) mass is 220 g/mol. The molecule has 1 amide bonds. The molecule has 1 rings (SSSR count). The highest BCUT2D eigenvalue weighted by Crippen LogP contribution is 2.10. The fraction of sp³-hybridized carbons (Fsp3) is 0.333. The molecule has 1 aromatic rings. The third-order valence-corrected chi connectivity index (χ3v) is 2.24. The highest BCUT2D eigenvalue weighted by molar-refractivity contribution is 5.95. The van der Waals surface area contributed by atoms with Crippen LogP contribution in [0, 0.1) is 0 Å². The van der Waals surface area contributed by atoms with Crippen molar-refractivity contribution in [2.45, 2.75) is 26.7 Å². The second kappa shape index (κ2) is 5.90. The Labute approximate surface area is 95.0 Å². The molecule has 0 atom stereocenters. The molecule has 4 heteroatoms. The molecule has 0 aliphatic carbocycles. The fourth-order valence-electron chi connectivity index (χ4n) is 1.25. The number of nitrogens with zero attached hydrogens (tertiary/aromatic N) is 1. The summed E-state index contributed by atoms with van der Waals surface area (Å²) >= 11 is 0. The van der Waals surface area contributed by atoms with Crippen molar-refractivity contribution >= 4 is 11.6 Å². The molecule has 0 aromatic heterocycles. The number of hydrogen-bond donors (Lipinski definition) is 2. The second-order valence-corrected chi connectivity index (χ2v) is 3.38. The highest BCUT2D eigenvalue weighted by Gasteiger charge is 2.04. The Bertz CT molecular complexity index is 394. The molecule has 0 fully saturated rings. The van der Waals surface area contributed by atoms with Crippen LogP contribution in [0.15, 0.2) is 29.4 Å². The zero-order valence-corrected chi connectivity index (χ0v) is 9.53. The van der Waals surface area contributed by atoms with E-state index in [1.54, 1.807) is 12.1 Å². The predicted octanol–water partition coefficient (Wildman–Crippen LogP) is 2.30. The van der Waals surface area contributed by atoms with Crippen LogP contribution in [0.4, 0.5) is 0 Å². The number of carbonyl (C=O) groups excluding carboxylic acids is 1. The topological polar surface area (TPSA) is 61.7 Å². The van der Waals surface area contributed by atoms with E-state index in [1.807, 2.05) is 13.8 Å². The molecule has 0 aliphatic rings. The molecule has 0 bridgehead atoms. The molecule has 0 radical (unpaired) electrons. The Kier molecular flexibility index (Phi) is 4.51. The number of nitrogens with one attached hydrogen (secondary N) is 1. The van der Waals surface area contributed by atoms with Crippen molar-refractivity contribution in [2.24, 2.45) is 5.10 Å². The van der Waals surface area contributed by atoms with Crippen molar-refractivity contribution in [1.29, 1.82) is 0 Å². The van der Waals surface area contributed by atoms with Crippen LogP contribution in [-0.2, 0) is 0 Å². The normalized spacial score (nSPS) is 9.62. The van der Waals surface area contributed by atoms with Gasteiger partial charge in [0.2, 0.25) is 0 Å². The average Bonchev–Trinajstić information content (AvgIpc) is 2.30. The molecular weight excluding hydrogens is 204 g/mol. The van der Waals surface area contributed by atoms with Gasteiger partial charge in [-0.3, -0.25) is 4.79 Å². The Balaban J connectivity index is 2.69. The van der Waals surface area contributed by atoms with Crippen LogP contribution >= 0.6 is 0 Å². The van der Waals surface area contributed by atoms with Crippen LogP contribution in [0.1, 0.15) is 37.0 Å². The maximum absolute atomic E-state index is 11.6. The van der Waals surface area contributed by atoms with E-state index in [0.29, 0.717) is 5.56 Å². The Morgan fingerprint density at radius 1 is 1.38 bits per heavy atom. The summed E-state index contributed by atoms with van der Waals surface area (Å²) in [6.07, 6.45) is 1.63. The lowest BCUT2D eigenvalue weighted by Crippen LogP contribution is -2.19. The van der Waals surface area contributed by atoms with Gasteiger partial charge in [0.05, 0.1) is 0 Å². The Hall–Kier alpha value is -1.84. The highest BCUT2D eigenvalue weighted by atomic mass is 16.3. The first-order valence-electron chi connectivity index (χ1n) is 5.32. The first-order chi connectivity index (χ1) is 7.67. The van der Waals surface area contributed by atoms with Crippen molar-refractivity contribution in [3.8, 4) is 5.75 Å². The van der Waals surface area contributed by atoms with E-state index >= 15 is 0 Å². The Morgan fingerprint density at radius 2 is 2.06 bits per heavy atom. The van der Waals surface area contributed by atoms with Crippen LogP contribution in [0.25, 0.3) is 0 Å². The third-order valence-electron chi connectivity index (χ3n) is 2.24. The summed E-state index contributed by atoms with van der Waals surface area (Å²) in [6.45, 7) is 3.98. The lowest BCUT2D eigenvalue weighted by Gasteiger charge is -2.02. The summed E-state index contributed by atoms with van der Waals surface area (Å²) in [6, 6.07) is 6.17. The van der Waals surface area contributed by atoms with E-state index in [2.05, 4.69) is 10.5 Å². The van der Waals surface area contributed by atoms with E-state index in [0.717, 1.165) is 18.6 Å². The van der Waals surface area contributed by atoms with E-state index in [1.165, 1.54) is 12.1 Å². The molecule has 2 N–H and O–H groups in total. The zero-order chi connectivity index (χ0) is 12.0. The smallest absolute Gasteiger partial charge is 0.271 e. The summed E-state index contributed by atoms with van der Waals surface area (Å²) in [4.78, 5) is 11.6. The van der Waals surface area contributed by atoms with E-state index in [4.69, 9.17) is 0 Å². The van der Waals surface area contributed by atoms with Gasteiger partial charge >= 0.3 is 0 Å². The maximum Gasteiger partial charge on any atom is 0.271 e. The van der Waals surface area contributed by atoms with Crippen LogP contribution in [0.2, 0.25) is 0 Å². The van der Waals surface area contributed by atoms with Gasteiger partial charge in [0.15, 0.2) is 0 Å². The summed E-state index contributed by atoms with van der Waals surface area (Å²) in [5, 5.41) is 13.2. The lowest BCUT2D eigenvalue weighted by atomic mass is 10.2. The maximum atomic E-state index is 11.6. The number of rotatable bonds is 4. The van der Waals surface area contributed by atoms with Crippen molar-refractivity contribution in [3.05, 3.63) is 29.8 Å². The van der Waals surface area contributed by atoms with E-state index in [9.17, 15) is 9.90 Å². The quantitative estimate of drug-likeness (QED) is 0.604. The van der Waals surface area contributed by atoms with Gasteiger partial charge in [-0.15, -0.1) is 0 Å². The lowest BCUT2D eigenvalue weighted by molar-refractivity contribution is 0.0954. The first kappa shape index (κ1) is 12.2. The number of phenolic OH excluding ortho intramolecular Hbond substituents is 1. The van der Waals surface area contributed by atoms with E-state index in [-0.39, 0.29) is 11.7 Å². The fourth-order valence-corrected chi connectivity index (χ4v) is 1.25. The number of amides is 1. The van der Waals surface area contributed by atoms with Gasteiger partial charge < -0.3 is 5.11 Å². The van der Waals surface area contributed by atoms with Gasteiger partial charge in [-0.05, 0) is 31.0 Å². The summed E-state index contributed by atoms with van der Waals surface area (Å²) in [7, 11) is 0. The van der Waals surface area contributed by atoms with Crippen molar-refractivity contribution < 1.29 is 9.90 Å². The number of hydrazone groups is 1. The Morgan fingerprint density at radius 3 is 2.62 bits per heavy atom. The van der Waals surface area contributed by atoms with Crippen molar-refractivity contribution in [2.75, 3.05) is 0 Å². The van der Waals surface area contributed by atoms with Crippen LogP contribution < -0.4 is 5.43 Å². The molecule has 0 saturated carbocycles. The molecule has 86 valence electrons. The third kappa shape index (κ3) is 3.38. The molecule has 4 nitrogen and oxygen atoms in total. The van der Waals surface area contributed by atoms with Gasteiger partial charge in [-0.1, -0.05) is 19.9 Å². The van der Waals surface area contributed by atoms with Crippen molar-refractivity contribution in [1.82, 2.24) is 5.43 Å². The van der Waals surface area contributed by atoms with Gasteiger partial charge in [-0.2, -0.15) is 5.10 Å². The van der Waals surface area contributed by atoms with Crippen LogP contribution in [-0.4, -0.2) is 16.7 Å². The largest absolute Gasteiger partial charge is 0.508 e. The molecule has 1 aromatic carbocycles. The number of hydrogen-bond acceptors (Lipinski definition) is 3. The number of aromatic hydroxyl groups is 1. The average molecular weight is 220 g/mol. The molecule has 0 unspecified atom stereocenters. The number of phenols is 1. The molecule has 0 saturated heterocycles. The van der Waals surface area contributed by atoms with Gasteiger partial charge in [0.1, 0.15) is 5.75 Å². The first-order valence-corrected chi connectivity index (χ1v) is 5.32. The zero-order valence-electron chi connectivity index (χ0n) is 9.53. The van der Waals surface area contributed by atoms with Gasteiger partial charge in [-0.25, -0.2) is 5.43 Å². The minimum Gasteiger partial charge on any atom is -0.508 e. The number of benzene rings is 1. The van der Waals surface area contributed by atoms with Crippen LogP contribution in [0.3, 0.4) is 0 Å². The molecular formula is C12H16N2O2. The minimum absolute atomic E-state index is 0.0721. The summed E-state index contributed by atoms with van der Waals surface area (Å²) in [5.74, 6) is -0.238. The molecule has 0 heterocycles. The number of carbonyl (C=O) groups is 1. The summed E-state index contributed by atoms with van der Waals surface area (Å²) in [5.41, 5.74) is 3.80. The van der Waals surface area contributed by atoms with Crippen molar-refractivity contribution in [3.63, 3.8) is 0 Å². The minimum atomic E-state index is -0.310. The van der Waals surface area contributed by atoms with Crippen LogP contribution in [0.5, 0.6) is 5.75 Å². The standard InChI is InChI=1S/C12H16N2O2/c1-3-10(4-2)13-14-12(16)9-6-5-7-11(15)8-9/h5-8,15H,3-4H2,1-2H3,(H,14,16). The van der Waals surface area contributed by atoms with E-state index < -0.39 is 0 Å². The summed E-state index contributed by atoms with van der Waals surface area (Å²) < 4.78 is 0. The molecule has 16 heavy (non-hydrogen) atoms.